The Morgan fingerprint density at radius 1 is 0.909 bits per heavy atom. The van der Waals surface area contributed by atoms with E-state index in [1.54, 1.807) is 11.3 Å². The molecule has 1 aliphatic rings. The second-order valence-electron chi connectivity index (χ2n) is 8.06. The van der Waals surface area contributed by atoms with Crippen molar-refractivity contribution in [2.45, 2.75) is 16.5 Å². The molecule has 5 heteroatoms. The summed E-state index contributed by atoms with van der Waals surface area (Å²) < 4.78 is 3.34. The number of thiazole rings is 1. The van der Waals surface area contributed by atoms with Gasteiger partial charge in [-0.05, 0) is 70.1 Å². The molecule has 0 bridgehead atoms. The lowest BCUT2D eigenvalue weighted by atomic mass is 10.0. The van der Waals surface area contributed by atoms with Gasteiger partial charge in [-0.25, -0.2) is 4.98 Å². The quantitative estimate of drug-likeness (QED) is 0.166. The molecule has 0 spiro atoms. The summed E-state index contributed by atoms with van der Waals surface area (Å²) in [5.74, 6) is 0.929. The number of aromatic nitrogens is 1. The third-order valence-electron chi connectivity index (χ3n) is 5.81. The van der Waals surface area contributed by atoms with Crippen LogP contribution < -0.4 is 0 Å². The van der Waals surface area contributed by atoms with Gasteiger partial charge in [-0.15, -0.1) is 11.3 Å². The van der Waals surface area contributed by atoms with Crippen LogP contribution >= 0.6 is 39.0 Å². The Hall–Kier alpha value is -2.73. The predicted molar refractivity (Wildman–Crippen MR) is 145 cm³/mol. The third-order valence-corrected chi connectivity index (χ3v) is 8.57. The molecule has 0 atom stereocenters. The van der Waals surface area contributed by atoms with E-state index in [0.717, 1.165) is 37.8 Å². The fourth-order valence-electron chi connectivity index (χ4n) is 4.17. The van der Waals surface area contributed by atoms with Crippen LogP contribution in [-0.4, -0.2) is 11.2 Å². The highest BCUT2D eigenvalue weighted by Crippen LogP contribution is 2.38. The average molecular weight is 528 g/mol. The van der Waals surface area contributed by atoms with E-state index >= 15 is 0 Å². The van der Waals surface area contributed by atoms with Crippen molar-refractivity contribution in [2.75, 3.05) is 0 Å². The molecule has 33 heavy (non-hydrogen) atoms. The van der Waals surface area contributed by atoms with Crippen molar-refractivity contribution in [3.8, 4) is 11.1 Å². The summed E-state index contributed by atoms with van der Waals surface area (Å²) in [6.45, 7) is 0. The Morgan fingerprint density at radius 3 is 2.67 bits per heavy atom. The van der Waals surface area contributed by atoms with Gasteiger partial charge in [-0.2, -0.15) is 0 Å². The summed E-state index contributed by atoms with van der Waals surface area (Å²) in [5.41, 5.74) is 10.1. The normalized spacial score (nSPS) is 12.4. The van der Waals surface area contributed by atoms with Crippen molar-refractivity contribution in [3.63, 3.8) is 0 Å². The lowest BCUT2D eigenvalue weighted by Crippen LogP contribution is -1.85. The maximum Gasteiger partial charge on any atom is 0.151 e. The zero-order valence-electron chi connectivity index (χ0n) is 17.7. The lowest BCUT2D eigenvalue weighted by Gasteiger charge is -2.04. The number of hydrogen-bond acceptors (Lipinski definition) is 4. The zero-order valence-corrected chi connectivity index (χ0v) is 20.9. The highest BCUT2D eigenvalue weighted by molar-refractivity contribution is 9.10. The van der Waals surface area contributed by atoms with Gasteiger partial charge in [0.2, 0.25) is 0 Å². The fourth-order valence-corrected chi connectivity index (χ4v) is 6.47. The number of thioether (sulfide) groups is 1. The van der Waals surface area contributed by atoms with E-state index < -0.39 is 0 Å². The molecule has 160 valence electrons. The van der Waals surface area contributed by atoms with Crippen molar-refractivity contribution in [3.05, 3.63) is 112 Å². The Balaban J connectivity index is 1.16. The van der Waals surface area contributed by atoms with Gasteiger partial charge in [-0.3, -0.25) is 4.99 Å². The van der Waals surface area contributed by atoms with Gasteiger partial charge in [0.25, 0.3) is 0 Å². The van der Waals surface area contributed by atoms with Crippen molar-refractivity contribution in [1.82, 2.24) is 4.98 Å². The van der Waals surface area contributed by atoms with E-state index in [4.69, 9.17) is 4.98 Å². The number of hydrogen-bond donors (Lipinski definition) is 0. The summed E-state index contributed by atoms with van der Waals surface area (Å²) in [6, 6.07) is 30.0. The smallest absolute Gasteiger partial charge is 0.151 e. The molecule has 0 aliphatic heterocycles. The van der Waals surface area contributed by atoms with Gasteiger partial charge in [0.15, 0.2) is 4.34 Å². The van der Waals surface area contributed by atoms with E-state index in [9.17, 15) is 0 Å². The lowest BCUT2D eigenvalue weighted by molar-refractivity contribution is 1.24. The highest BCUT2D eigenvalue weighted by atomic mass is 79.9. The second kappa shape index (κ2) is 8.90. The molecule has 0 N–H and O–H groups in total. The molecule has 0 fully saturated rings. The van der Waals surface area contributed by atoms with Crippen LogP contribution in [0.25, 0.3) is 21.3 Å². The standard InChI is InChI=1S/C28H19BrN2S2/c29-22-8-5-18(6-9-22)16-30-23-10-12-26-27(15-23)33-28(31-26)32-17-19-7-11-25-21(13-19)14-20-3-1-2-4-24(20)25/h1-13,15-16H,14,17H2. The van der Waals surface area contributed by atoms with Crippen LogP contribution in [0.15, 0.2) is 98.7 Å². The third kappa shape index (κ3) is 4.41. The molecule has 0 saturated heterocycles. The molecule has 0 saturated carbocycles. The van der Waals surface area contributed by atoms with Crippen LogP contribution in [0, 0.1) is 0 Å². The van der Waals surface area contributed by atoms with Crippen molar-refractivity contribution in [2.24, 2.45) is 4.99 Å². The van der Waals surface area contributed by atoms with Crippen molar-refractivity contribution in [1.29, 1.82) is 0 Å². The summed E-state index contributed by atoms with van der Waals surface area (Å²) in [4.78, 5) is 9.47. The van der Waals surface area contributed by atoms with Crippen LogP contribution in [0.3, 0.4) is 0 Å². The van der Waals surface area contributed by atoms with Gasteiger partial charge in [0.05, 0.1) is 15.9 Å². The zero-order chi connectivity index (χ0) is 22.2. The van der Waals surface area contributed by atoms with Gasteiger partial charge in [0, 0.05) is 16.4 Å². The van der Waals surface area contributed by atoms with Crippen LogP contribution in [0.5, 0.6) is 0 Å². The highest BCUT2D eigenvalue weighted by Gasteiger charge is 2.18. The molecule has 0 unspecified atom stereocenters. The largest absolute Gasteiger partial charge is 0.256 e. The Kier molecular flexibility index (Phi) is 5.62. The molecule has 1 heterocycles. The minimum atomic E-state index is 0.929. The number of nitrogens with zero attached hydrogens (tertiary/aromatic N) is 2. The first-order valence-corrected chi connectivity index (χ1v) is 13.3. The number of fused-ring (bicyclic) bond motifs is 4. The van der Waals surface area contributed by atoms with E-state index in [-0.39, 0.29) is 0 Å². The Labute approximate surface area is 209 Å². The number of aliphatic imine (C=N–C) groups is 1. The summed E-state index contributed by atoms with van der Waals surface area (Å²) in [5, 5.41) is 0. The molecule has 1 aliphatic carbocycles. The molecule has 2 nitrogen and oxygen atoms in total. The summed E-state index contributed by atoms with van der Waals surface area (Å²) in [7, 11) is 0. The summed E-state index contributed by atoms with van der Waals surface area (Å²) >= 11 is 7.02. The minimum Gasteiger partial charge on any atom is -0.256 e. The SMILES string of the molecule is Brc1ccc(C=Nc2ccc3nc(SCc4ccc5c(c4)Cc4ccccc4-5)sc3c2)cc1. The van der Waals surface area contributed by atoms with E-state index in [1.165, 1.54) is 32.5 Å². The van der Waals surface area contributed by atoms with Gasteiger partial charge >= 0.3 is 0 Å². The van der Waals surface area contributed by atoms with E-state index in [1.807, 2.05) is 48.3 Å². The van der Waals surface area contributed by atoms with Crippen molar-refractivity contribution < 1.29 is 0 Å². The monoisotopic (exact) mass is 526 g/mol. The predicted octanol–water partition coefficient (Wildman–Crippen LogP) is 8.67. The Morgan fingerprint density at radius 2 is 1.76 bits per heavy atom. The molecule has 1 aromatic heterocycles. The first-order valence-electron chi connectivity index (χ1n) is 10.7. The number of halogens is 1. The second-order valence-corrected chi connectivity index (χ2v) is 11.2. The van der Waals surface area contributed by atoms with Gasteiger partial charge in [-0.1, -0.05) is 82.3 Å². The van der Waals surface area contributed by atoms with Crippen molar-refractivity contribution >= 4 is 61.1 Å². The van der Waals surface area contributed by atoms with Crippen LogP contribution in [-0.2, 0) is 12.2 Å². The topological polar surface area (TPSA) is 25.2 Å². The van der Waals surface area contributed by atoms with Gasteiger partial charge in [0.1, 0.15) is 0 Å². The van der Waals surface area contributed by atoms with E-state index in [0.29, 0.717) is 0 Å². The number of benzene rings is 4. The maximum atomic E-state index is 4.83. The average Bonchev–Trinajstić information content (AvgIpc) is 3.42. The minimum absolute atomic E-state index is 0.929. The molecule has 4 aromatic carbocycles. The van der Waals surface area contributed by atoms with Gasteiger partial charge < -0.3 is 0 Å². The Bertz CT molecular complexity index is 1500. The van der Waals surface area contributed by atoms with Crippen LogP contribution in [0.4, 0.5) is 5.69 Å². The maximum absolute atomic E-state index is 4.83. The molecule has 0 amide bonds. The molecular weight excluding hydrogens is 508 g/mol. The van der Waals surface area contributed by atoms with E-state index in [2.05, 4.69) is 75.5 Å². The number of rotatable bonds is 5. The first kappa shape index (κ1) is 20.8. The summed E-state index contributed by atoms with van der Waals surface area (Å²) in [6.07, 6.45) is 2.94. The van der Waals surface area contributed by atoms with Crippen LogP contribution in [0.1, 0.15) is 22.3 Å². The molecular formula is C28H19BrN2S2. The van der Waals surface area contributed by atoms with Crippen LogP contribution in [0.2, 0.25) is 0 Å². The molecule has 6 rings (SSSR count). The molecule has 0 radical (unpaired) electrons. The fraction of sp³-hybridized carbons (Fsp3) is 0.0714. The molecule has 5 aromatic rings. The first-order chi connectivity index (χ1) is 16.2.